The second kappa shape index (κ2) is 8.33. The highest BCUT2D eigenvalue weighted by atomic mass is 32.2. The van der Waals surface area contributed by atoms with Crippen LogP contribution in [0.4, 0.5) is 0 Å². The Kier molecular flexibility index (Phi) is 6.13. The number of hydrogen-bond donors (Lipinski definition) is 1. The van der Waals surface area contributed by atoms with E-state index >= 15 is 0 Å². The van der Waals surface area contributed by atoms with E-state index in [9.17, 15) is 8.42 Å². The topological polar surface area (TPSA) is 86.3 Å². The second-order valence-electron chi connectivity index (χ2n) is 5.94. The quantitative estimate of drug-likeness (QED) is 0.705. The van der Waals surface area contributed by atoms with E-state index in [1.165, 1.54) is 7.11 Å². The van der Waals surface area contributed by atoms with Crippen LogP contribution >= 0.6 is 0 Å². The molecule has 1 atom stereocenters. The normalized spacial score (nSPS) is 19.1. The molecule has 0 saturated carbocycles. The minimum atomic E-state index is -3.39. The van der Waals surface area contributed by atoms with Crippen LogP contribution in [0.3, 0.4) is 0 Å². The zero-order valence-corrected chi connectivity index (χ0v) is 15.1. The summed E-state index contributed by atoms with van der Waals surface area (Å²) in [5.41, 5.74) is 0.987. The number of ether oxygens (including phenoxy) is 4. The first-order valence-electron chi connectivity index (χ1n) is 8.27. The number of fused-ring (bicyclic) bond motifs is 1. The monoisotopic (exact) mass is 372 g/mol. The molecule has 8 nitrogen and oxygen atoms in total. The third-order valence-corrected chi connectivity index (χ3v) is 5.63. The lowest BCUT2D eigenvalue weighted by Gasteiger charge is -2.35. The van der Waals surface area contributed by atoms with E-state index in [1.807, 2.05) is 18.2 Å². The standard InChI is InChI=1S/C16H24N2O6S/c1-21-8-9-25(19,20)17-11-14(18-4-6-22-7-5-18)13-2-3-15-16(10-13)24-12-23-15/h2-3,10,14,17H,4-9,11-12H2,1H3. The van der Waals surface area contributed by atoms with Gasteiger partial charge in [-0.05, 0) is 17.7 Å². The predicted octanol–water partition coefficient (Wildman–Crippen LogP) is 0.354. The molecule has 2 heterocycles. The molecule has 1 aromatic carbocycles. The minimum Gasteiger partial charge on any atom is -0.454 e. The van der Waals surface area contributed by atoms with Crippen LogP contribution in [0.2, 0.25) is 0 Å². The fourth-order valence-corrected chi connectivity index (χ4v) is 3.88. The van der Waals surface area contributed by atoms with E-state index in [0.717, 1.165) is 18.7 Å². The van der Waals surface area contributed by atoms with Gasteiger partial charge in [-0.3, -0.25) is 4.90 Å². The molecule has 0 bridgehead atoms. The van der Waals surface area contributed by atoms with Gasteiger partial charge < -0.3 is 18.9 Å². The zero-order chi connectivity index (χ0) is 17.7. The van der Waals surface area contributed by atoms with Gasteiger partial charge in [0.25, 0.3) is 0 Å². The molecule has 25 heavy (non-hydrogen) atoms. The number of hydrogen-bond acceptors (Lipinski definition) is 7. The van der Waals surface area contributed by atoms with E-state index in [0.29, 0.717) is 24.7 Å². The Morgan fingerprint density at radius 1 is 1.24 bits per heavy atom. The molecular weight excluding hydrogens is 348 g/mol. The summed E-state index contributed by atoms with van der Waals surface area (Å²) in [6, 6.07) is 5.64. The first-order chi connectivity index (χ1) is 12.1. The highest BCUT2D eigenvalue weighted by molar-refractivity contribution is 7.89. The lowest BCUT2D eigenvalue weighted by atomic mass is 10.0. The number of nitrogens with one attached hydrogen (secondary N) is 1. The van der Waals surface area contributed by atoms with E-state index < -0.39 is 10.0 Å². The zero-order valence-electron chi connectivity index (χ0n) is 14.3. The van der Waals surface area contributed by atoms with Crippen LogP contribution in [0.1, 0.15) is 11.6 Å². The maximum Gasteiger partial charge on any atom is 0.231 e. The molecule has 2 aliphatic rings. The van der Waals surface area contributed by atoms with Crippen LogP contribution < -0.4 is 14.2 Å². The summed E-state index contributed by atoms with van der Waals surface area (Å²) in [4.78, 5) is 2.22. The molecule has 1 aromatic rings. The molecule has 0 spiro atoms. The summed E-state index contributed by atoms with van der Waals surface area (Å²) in [5.74, 6) is 1.35. The average Bonchev–Trinajstić information content (AvgIpc) is 3.09. The summed E-state index contributed by atoms with van der Waals surface area (Å²) in [6.07, 6.45) is 0. The van der Waals surface area contributed by atoms with Crippen molar-refractivity contribution in [2.75, 3.05) is 59.1 Å². The van der Waals surface area contributed by atoms with Gasteiger partial charge >= 0.3 is 0 Å². The summed E-state index contributed by atoms with van der Waals surface area (Å²) in [7, 11) is -1.90. The van der Waals surface area contributed by atoms with Gasteiger partial charge in [-0.25, -0.2) is 13.1 Å². The first kappa shape index (κ1) is 18.4. The van der Waals surface area contributed by atoms with Gasteiger partial charge in [0.2, 0.25) is 16.8 Å². The summed E-state index contributed by atoms with van der Waals surface area (Å²) in [5, 5.41) is 0. The second-order valence-corrected chi connectivity index (χ2v) is 7.86. The van der Waals surface area contributed by atoms with Gasteiger partial charge in [0.05, 0.1) is 25.6 Å². The molecule has 0 radical (unpaired) electrons. The van der Waals surface area contributed by atoms with Crippen molar-refractivity contribution in [2.45, 2.75) is 6.04 Å². The van der Waals surface area contributed by atoms with E-state index in [2.05, 4.69) is 9.62 Å². The molecule has 1 saturated heterocycles. The molecule has 140 valence electrons. The fraction of sp³-hybridized carbons (Fsp3) is 0.625. The third kappa shape index (κ3) is 4.83. The Labute approximate surface area is 148 Å². The molecule has 3 rings (SSSR count). The Hall–Kier alpha value is -1.39. The van der Waals surface area contributed by atoms with Crippen LogP contribution in [0.15, 0.2) is 18.2 Å². The van der Waals surface area contributed by atoms with Gasteiger partial charge in [-0.1, -0.05) is 6.07 Å². The van der Waals surface area contributed by atoms with Crippen LogP contribution in [0, 0.1) is 0 Å². The number of sulfonamides is 1. The van der Waals surface area contributed by atoms with Crippen LogP contribution in [-0.4, -0.2) is 72.4 Å². The molecule has 1 fully saturated rings. The molecule has 0 amide bonds. The molecule has 1 N–H and O–H groups in total. The highest BCUT2D eigenvalue weighted by Crippen LogP contribution is 2.35. The summed E-state index contributed by atoms with van der Waals surface area (Å²) in [6.45, 7) is 3.44. The molecule has 2 aliphatic heterocycles. The van der Waals surface area contributed by atoms with E-state index in [4.69, 9.17) is 18.9 Å². The van der Waals surface area contributed by atoms with Gasteiger partial charge in [-0.15, -0.1) is 0 Å². The molecule has 1 unspecified atom stereocenters. The van der Waals surface area contributed by atoms with Crippen LogP contribution in [0.5, 0.6) is 11.5 Å². The van der Waals surface area contributed by atoms with Gasteiger partial charge in [0, 0.05) is 32.8 Å². The van der Waals surface area contributed by atoms with Crippen molar-refractivity contribution in [2.24, 2.45) is 0 Å². The summed E-state index contributed by atoms with van der Waals surface area (Å²) >= 11 is 0. The first-order valence-corrected chi connectivity index (χ1v) is 9.92. The van der Waals surface area contributed by atoms with Gasteiger partial charge in [0.15, 0.2) is 11.5 Å². The Morgan fingerprint density at radius 3 is 2.76 bits per heavy atom. The average molecular weight is 372 g/mol. The number of rotatable bonds is 8. The molecule has 0 aromatic heterocycles. The fourth-order valence-electron chi connectivity index (χ4n) is 2.94. The maximum atomic E-state index is 12.1. The van der Waals surface area contributed by atoms with Crippen molar-refractivity contribution in [3.8, 4) is 11.5 Å². The number of morpholine rings is 1. The summed E-state index contributed by atoms with van der Waals surface area (Å²) < 4.78 is 48.0. The van der Waals surface area contributed by atoms with Crippen LogP contribution in [-0.2, 0) is 19.5 Å². The van der Waals surface area contributed by atoms with Crippen molar-refractivity contribution in [1.29, 1.82) is 0 Å². The molecule has 9 heteroatoms. The van der Waals surface area contributed by atoms with E-state index in [1.54, 1.807) is 0 Å². The molecular formula is C16H24N2O6S. The van der Waals surface area contributed by atoms with E-state index in [-0.39, 0.29) is 31.7 Å². The highest BCUT2D eigenvalue weighted by Gasteiger charge is 2.26. The van der Waals surface area contributed by atoms with Crippen molar-refractivity contribution >= 4 is 10.0 Å². The Morgan fingerprint density at radius 2 is 2.00 bits per heavy atom. The minimum absolute atomic E-state index is 0.0551. The van der Waals surface area contributed by atoms with Crippen molar-refractivity contribution in [3.05, 3.63) is 23.8 Å². The SMILES string of the molecule is COCCS(=O)(=O)NCC(c1ccc2c(c1)OCO2)N1CCOCC1. The molecule has 0 aliphatic carbocycles. The largest absolute Gasteiger partial charge is 0.454 e. The van der Waals surface area contributed by atoms with Crippen molar-refractivity contribution < 1.29 is 27.4 Å². The Bertz CT molecular complexity index is 675. The Balaban J connectivity index is 1.75. The smallest absolute Gasteiger partial charge is 0.231 e. The number of nitrogens with zero attached hydrogens (tertiary/aromatic N) is 1. The van der Waals surface area contributed by atoms with Gasteiger partial charge in [0.1, 0.15) is 0 Å². The van der Waals surface area contributed by atoms with Crippen molar-refractivity contribution in [1.82, 2.24) is 9.62 Å². The number of benzene rings is 1. The predicted molar refractivity (Wildman–Crippen MR) is 91.4 cm³/mol. The van der Waals surface area contributed by atoms with Crippen molar-refractivity contribution in [3.63, 3.8) is 0 Å². The lowest BCUT2D eigenvalue weighted by molar-refractivity contribution is 0.0171. The maximum absolute atomic E-state index is 12.1. The lowest BCUT2D eigenvalue weighted by Crippen LogP contribution is -2.44. The van der Waals surface area contributed by atoms with Crippen LogP contribution in [0.25, 0.3) is 0 Å². The third-order valence-electron chi connectivity index (χ3n) is 4.32. The number of methoxy groups -OCH3 is 1. The van der Waals surface area contributed by atoms with Gasteiger partial charge in [-0.2, -0.15) is 0 Å².